The SMILES string of the molecule is COc1ccc(N2C(=O)S/C(=C(/C)c3ccc(Br)cc3)C2=O)cc1. The van der Waals surface area contributed by atoms with E-state index in [1.165, 1.54) is 4.90 Å². The Morgan fingerprint density at radius 2 is 1.67 bits per heavy atom. The molecule has 0 saturated carbocycles. The highest BCUT2D eigenvalue weighted by Crippen LogP contribution is 2.39. The van der Waals surface area contributed by atoms with E-state index < -0.39 is 0 Å². The fraction of sp³-hybridized carbons (Fsp3) is 0.111. The highest BCUT2D eigenvalue weighted by molar-refractivity contribution is 9.10. The maximum atomic E-state index is 12.7. The Hall–Kier alpha value is -2.05. The summed E-state index contributed by atoms with van der Waals surface area (Å²) < 4.78 is 6.07. The molecule has 0 radical (unpaired) electrons. The average Bonchev–Trinajstić information content (AvgIpc) is 2.89. The molecule has 1 aliphatic rings. The van der Waals surface area contributed by atoms with Gasteiger partial charge in [-0.1, -0.05) is 28.1 Å². The molecule has 1 fully saturated rings. The van der Waals surface area contributed by atoms with Crippen molar-refractivity contribution < 1.29 is 14.3 Å². The van der Waals surface area contributed by atoms with Gasteiger partial charge in [0.1, 0.15) is 5.75 Å². The largest absolute Gasteiger partial charge is 0.497 e. The number of amides is 2. The molecular weight excluding hydrogens is 390 g/mol. The highest BCUT2D eigenvalue weighted by Gasteiger charge is 2.37. The Balaban J connectivity index is 1.95. The molecule has 122 valence electrons. The van der Waals surface area contributed by atoms with Gasteiger partial charge in [0, 0.05) is 4.47 Å². The molecule has 6 heteroatoms. The number of thioether (sulfide) groups is 1. The van der Waals surface area contributed by atoms with Crippen LogP contribution >= 0.6 is 27.7 Å². The summed E-state index contributed by atoms with van der Waals surface area (Å²) >= 11 is 4.36. The van der Waals surface area contributed by atoms with E-state index in [2.05, 4.69) is 15.9 Å². The van der Waals surface area contributed by atoms with Crippen LogP contribution in [0.15, 0.2) is 57.9 Å². The summed E-state index contributed by atoms with van der Waals surface area (Å²) in [5.74, 6) is 0.378. The molecule has 24 heavy (non-hydrogen) atoms. The number of allylic oxidation sites excluding steroid dienone is 1. The highest BCUT2D eigenvalue weighted by atomic mass is 79.9. The number of methoxy groups -OCH3 is 1. The normalized spacial score (nSPS) is 16.5. The fourth-order valence-electron chi connectivity index (χ4n) is 2.38. The summed E-state index contributed by atoms with van der Waals surface area (Å²) in [5.41, 5.74) is 2.25. The van der Waals surface area contributed by atoms with Crippen LogP contribution in [0.4, 0.5) is 10.5 Å². The van der Waals surface area contributed by atoms with Gasteiger partial charge in [0.2, 0.25) is 0 Å². The van der Waals surface area contributed by atoms with E-state index in [9.17, 15) is 9.59 Å². The third-order valence-electron chi connectivity index (χ3n) is 3.72. The van der Waals surface area contributed by atoms with E-state index in [0.29, 0.717) is 16.3 Å². The summed E-state index contributed by atoms with van der Waals surface area (Å²) in [7, 11) is 1.57. The van der Waals surface area contributed by atoms with Crippen molar-refractivity contribution in [2.24, 2.45) is 0 Å². The van der Waals surface area contributed by atoms with Crippen LogP contribution in [-0.2, 0) is 4.79 Å². The molecule has 0 aliphatic carbocycles. The molecule has 2 aromatic rings. The number of imide groups is 1. The molecule has 0 spiro atoms. The molecule has 0 atom stereocenters. The first kappa shape index (κ1) is 16.8. The van der Waals surface area contributed by atoms with Gasteiger partial charge in [-0.05, 0) is 66.2 Å². The van der Waals surface area contributed by atoms with Crippen LogP contribution in [-0.4, -0.2) is 18.3 Å². The number of anilines is 1. The summed E-state index contributed by atoms with van der Waals surface area (Å²) in [5, 5.41) is -0.295. The average molecular weight is 404 g/mol. The van der Waals surface area contributed by atoms with Gasteiger partial charge in [-0.3, -0.25) is 9.59 Å². The molecule has 3 rings (SSSR count). The lowest BCUT2D eigenvalue weighted by Crippen LogP contribution is -2.27. The van der Waals surface area contributed by atoms with E-state index in [1.54, 1.807) is 31.4 Å². The third kappa shape index (κ3) is 3.12. The molecule has 0 bridgehead atoms. The van der Waals surface area contributed by atoms with Gasteiger partial charge in [0.15, 0.2) is 0 Å². The first-order chi connectivity index (χ1) is 11.5. The van der Waals surface area contributed by atoms with Crippen molar-refractivity contribution in [3.05, 3.63) is 63.5 Å². The van der Waals surface area contributed by atoms with Crippen LogP contribution < -0.4 is 9.64 Å². The van der Waals surface area contributed by atoms with Crippen LogP contribution in [0.25, 0.3) is 5.57 Å². The second-order valence-electron chi connectivity index (χ2n) is 5.17. The van der Waals surface area contributed by atoms with Gasteiger partial charge in [0.25, 0.3) is 11.1 Å². The lowest BCUT2D eigenvalue weighted by Gasteiger charge is -2.13. The number of ether oxygens (including phenoxy) is 1. The maximum Gasteiger partial charge on any atom is 0.298 e. The smallest absolute Gasteiger partial charge is 0.298 e. The zero-order valence-electron chi connectivity index (χ0n) is 13.1. The van der Waals surface area contributed by atoms with Crippen LogP contribution in [0.5, 0.6) is 5.75 Å². The molecule has 1 heterocycles. The Morgan fingerprint density at radius 1 is 1.04 bits per heavy atom. The predicted octanol–water partition coefficient (Wildman–Crippen LogP) is 5.09. The minimum Gasteiger partial charge on any atom is -0.497 e. The molecule has 2 amide bonds. The van der Waals surface area contributed by atoms with Gasteiger partial charge in [-0.25, -0.2) is 4.90 Å². The van der Waals surface area contributed by atoms with Gasteiger partial charge >= 0.3 is 0 Å². The quantitative estimate of drug-likeness (QED) is 0.669. The molecular formula is C18H14BrNO3S. The Kier molecular flexibility index (Phi) is 4.78. The minimum atomic E-state index is -0.296. The number of carbonyl (C=O) groups excluding carboxylic acids is 2. The van der Waals surface area contributed by atoms with Gasteiger partial charge in [-0.15, -0.1) is 0 Å². The van der Waals surface area contributed by atoms with E-state index in [1.807, 2.05) is 31.2 Å². The monoisotopic (exact) mass is 403 g/mol. The number of hydrogen-bond acceptors (Lipinski definition) is 4. The zero-order chi connectivity index (χ0) is 17.3. The maximum absolute atomic E-state index is 12.7. The zero-order valence-corrected chi connectivity index (χ0v) is 15.5. The number of rotatable bonds is 3. The lowest BCUT2D eigenvalue weighted by molar-refractivity contribution is -0.113. The molecule has 1 aliphatic heterocycles. The molecule has 0 N–H and O–H groups in total. The van der Waals surface area contributed by atoms with E-state index in [0.717, 1.165) is 27.4 Å². The van der Waals surface area contributed by atoms with E-state index >= 15 is 0 Å². The molecule has 1 saturated heterocycles. The van der Waals surface area contributed by atoms with E-state index in [4.69, 9.17) is 4.74 Å². The fourth-order valence-corrected chi connectivity index (χ4v) is 3.55. The van der Waals surface area contributed by atoms with Crippen molar-refractivity contribution in [1.29, 1.82) is 0 Å². The van der Waals surface area contributed by atoms with Crippen molar-refractivity contribution in [2.75, 3.05) is 12.0 Å². The number of halogens is 1. The molecule has 2 aromatic carbocycles. The van der Waals surface area contributed by atoms with Gasteiger partial charge in [0.05, 0.1) is 17.7 Å². The third-order valence-corrected chi connectivity index (χ3v) is 5.29. The van der Waals surface area contributed by atoms with E-state index in [-0.39, 0.29) is 11.1 Å². The predicted molar refractivity (Wildman–Crippen MR) is 100 cm³/mol. The van der Waals surface area contributed by atoms with Gasteiger partial charge in [-0.2, -0.15) is 0 Å². The lowest BCUT2D eigenvalue weighted by atomic mass is 10.1. The van der Waals surface area contributed by atoms with Crippen LogP contribution in [0, 0.1) is 0 Å². The van der Waals surface area contributed by atoms with Crippen LogP contribution in [0.2, 0.25) is 0 Å². The summed E-state index contributed by atoms with van der Waals surface area (Å²) in [6, 6.07) is 14.5. The second kappa shape index (κ2) is 6.83. The Morgan fingerprint density at radius 3 is 2.25 bits per heavy atom. The first-order valence-electron chi connectivity index (χ1n) is 7.18. The number of benzene rings is 2. The topological polar surface area (TPSA) is 46.6 Å². The summed E-state index contributed by atoms with van der Waals surface area (Å²) in [6.45, 7) is 1.86. The van der Waals surface area contributed by atoms with Crippen molar-refractivity contribution >= 4 is 50.1 Å². The van der Waals surface area contributed by atoms with Crippen molar-refractivity contribution in [3.63, 3.8) is 0 Å². The first-order valence-corrected chi connectivity index (χ1v) is 8.79. The molecule has 0 aromatic heterocycles. The number of hydrogen-bond donors (Lipinski definition) is 0. The number of nitrogens with zero attached hydrogens (tertiary/aromatic N) is 1. The summed E-state index contributed by atoms with van der Waals surface area (Å²) in [4.78, 5) is 26.7. The van der Waals surface area contributed by atoms with Crippen molar-refractivity contribution in [2.45, 2.75) is 6.92 Å². The second-order valence-corrected chi connectivity index (χ2v) is 7.04. The number of carbonyl (C=O) groups is 2. The van der Waals surface area contributed by atoms with Gasteiger partial charge < -0.3 is 4.74 Å². The standard InChI is InChI=1S/C18H14BrNO3S/c1-11(12-3-5-13(19)6-4-12)16-17(21)20(18(22)24-16)14-7-9-15(23-2)10-8-14/h3-10H,1-2H3/b16-11-. The Bertz CT molecular complexity index is 828. The Labute approximate surface area is 152 Å². The summed E-state index contributed by atoms with van der Waals surface area (Å²) in [6.07, 6.45) is 0. The van der Waals surface area contributed by atoms with Crippen molar-refractivity contribution in [3.8, 4) is 5.75 Å². The van der Waals surface area contributed by atoms with Crippen molar-refractivity contribution in [1.82, 2.24) is 0 Å². The van der Waals surface area contributed by atoms with Crippen LogP contribution in [0.1, 0.15) is 12.5 Å². The molecule has 0 unspecified atom stereocenters. The minimum absolute atomic E-state index is 0.295. The van der Waals surface area contributed by atoms with Crippen LogP contribution in [0.3, 0.4) is 0 Å². The molecule has 4 nitrogen and oxygen atoms in total.